The third-order valence-corrected chi connectivity index (χ3v) is 7.50. The standard InChI is InChI=1S/C33H35F9N2O3/c1-18(2)19-7-10-28(47-6)26(14-19)25-9-8-22(31(34,35)36)13-21(25)16-43-17-27(44(29(45)46)30(3,4)5)20-11-23(32(37,38)39)15-24(12-20)33(40,41)42/h7-15,18,27,43H,16-17H2,1-6H3,(H,45,46). The van der Waals surface area contributed by atoms with Crippen LogP contribution in [0.5, 0.6) is 5.75 Å². The molecular weight excluding hydrogens is 643 g/mol. The van der Waals surface area contributed by atoms with Crippen LogP contribution in [0.4, 0.5) is 44.3 Å². The second kappa shape index (κ2) is 13.7. The highest BCUT2D eigenvalue weighted by molar-refractivity contribution is 5.75. The van der Waals surface area contributed by atoms with Gasteiger partial charge in [-0.05, 0) is 91.4 Å². The average Bonchev–Trinajstić information content (AvgIpc) is 2.93. The predicted molar refractivity (Wildman–Crippen MR) is 158 cm³/mol. The van der Waals surface area contributed by atoms with E-state index in [0.717, 1.165) is 17.7 Å². The van der Waals surface area contributed by atoms with Gasteiger partial charge in [0.25, 0.3) is 0 Å². The van der Waals surface area contributed by atoms with Crippen molar-refractivity contribution in [2.24, 2.45) is 0 Å². The second-order valence-electron chi connectivity index (χ2n) is 12.3. The summed E-state index contributed by atoms with van der Waals surface area (Å²) in [6.07, 6.45) is -16.8. The molecular formula is C33H35F9N2O3. The summed E-state index contributed by atoms with van der Waals surface area (Å²) in [6.45, 7) is 7.14. The van der Waals surface area contributed by atoms with Crippen LogP contribution in [0, 0.1) is 0 Å². The van der Waals surface area contributed by atoms with Gasteiger partial charge in [-0.15, -0.1) is 0 Å². The Morgan fingerprint density at radius 2 is 1.32 bits per heavy atom. The fraction of sp³-hybridized carbons (Fsp3) is 0.424. The van der Waals surface area contributed by atoms with E-state index in [4.69, 9.17) is 4.74 Å². The number of carboxylic acid groups (broad SMARTS) is 1. The second-order valence-corrected chi connectivity index (χ2v) is 12.3. The van der Waals surface area contributed by atoms with Gasteiger partial charge in [-0.2, -0.15) is 39.5 Å². The summed E-state index contributed by atoms with van der Waals surface area (Å²) >= 11 is 0. The summed E-state index contributed by atoms with van der Waals surface area (Å²) in [7, 11) is 1.39. The minimum atomic E-state index is -5.19. The number of alkyl halides is 9. The lowest BCUT2D eigenvalue weighted by Crippen LogP contribution is -2.50. The van der Waals surface area contributed by atoms with E-state index in [-0.39, 0.29) is 24.1 Å². The van der Waals surface area contributed by atoms with E-state index in [2.05, 4.69) is 5.32 Å². The Balaban J connectivity index is 2.18. The summed E-state index contributed by atoms with van der Waals surface area (Å²) in [5.41, 5.74) is -4.48. The molecule has 3 aromatic carbocycles. The van der Waals surface area contributed by atoms with Gasteiger partial charge in [0.1, 0.15) is 5.75 Å². The Hall–Kier alpha value is -3.94. The van der Waals surface area contributed by atoms with Crippen LogP contribution in [-0.2, 0) is 25.1 Å². The van der Waals surface area contributed by atoms with Crippen LogP contribution in [0.25, 0.3) is 11.1 Å². The smallest absolute Gasteiger partial charge is 0.416 e. The Labute approximate surface area is 266 Å². The molecule has 0 aliphatic heterocycles. The maximum Gasteiger partial charge on any atom is 0.416 e. The van der Waals surface area contributed by atoms with E-state index in [1.165, 1.54) is 33.9 Å². The van der Waals surface area contributed by atoms with Gasteiger partial charge < -0.3 is 15.2 Å². The van der Waals surface area contributed by atoms with E-state index in [1.54, 1.807) is 18.2 Å². The lowest BCUT2D eigenvalue weighted by molar-refractivity contribution is -0.143. The lowest BCUT2D eigenvalue weighted by Gasteiger charge is -2.40. The summed E-state index contributed by atoms with van der Waals surface area (Å²) < 4.78 is 129. The number of rotatable bonds is 9. The first-order valence-corrected chi connectivity index (χ1v) is 14.4. The van der Waals surface area contributed by atoms with Crippen LogP contribution >= 0.6 is 0 Å². The third-order valence-electron chi connectivity index (χ3n) is 7.50. The van der Waals surface area contributed by atoms with Crippen molar-refractivity contribution in [3.05, 3.63) is 88.0 Å². The fourth-order valence-corrected chi connectivity index (χ4v) is 5.24. The van der Waals surface area contributed by atoms with Crippen molar-refractivity contribution < 1.29 is 54.2 Å². The van der Waals surface area contributed by atoms with Gasteiger partial charge in [-0.25, -0.2) is 4.79 Å². The summed E-state index contributed by atoms with van der Waals surface area (Å²) in [5, 5.41) is 12.9. The van der Waals surface area contributed by atoms with E-state index in [0.29, 0.717) is 33.9 Å². The molecule has 0 radical (unpaired) electrons. The van der Waals surface area contributed by atoms with Crippen molar-refractivity contribution in [2.75, 3.05) is 13.7 Å². The van der Waals surface area contributed by atoms with Crippen molar-refractivity contribution in [1.29, 1.82) is 0 Å². The maximum absolute atomic E-state index is 13.8. The number of nitrogens with one attached hydrogen (secondary N) is 1. The number of halogens is 9. The zero-order chi connectivity index (χ0) is 35.7. The molecule has 3 aromatic rings. The predicted octanol–water partition coefficient (Wildman–Crippen LogP) is 10.2. The molecule has 0 bridgehead atoms. The van der Waals surface area contributed by atoms with Crippen molar-refractivity contribution in [1.82, 2.24) is 10.2 Å². The van der Waals surface area contributed by atoms with Gasteiger partial charge in [-0.1, -0.05) is 26.0 Å². The largest absolute Gasteiger partial charge is 0.496 e. The normalized spacial score (nSPS) is 13.5. The summed E-state index contributed by atoms with van der Waals surface area (Å²) in [5.74, 6) is 0.395. The SMILES string of the molecule is COc1ccc(C(C)C)cc1-c1ccc(C(F)(F)F)cc1CNCC(c1cc(C(F)(F)F)cc(C(F)(F)F)c1)N(C(=O)O)C(C)(C)C. The number of nitrogens with zero attached hydrogens (tertiary/aromatic N) is 1. The number of hydrogen-bond acceptors (Lipinski definition) is 3. The van der Waals surface area contributed by atoms with Gasteiger partial charge in [0, 0.05) is 24.2 Å². The van der Waals surface area contributed by atoms with E-state index < -0.39 is 65.0 Å². The van der Waals surface area contributed by atoms with Crippen LogP contribution in [0.15, 0.2) is 54.6 Å². The molecule has 2 N–H and O–H groups in total. The fourth-order valence-electron chi connectivity index (χ4n) is 5.24. The molecule has 1 atom stereocenters. The Bertz CT molecular complexity index is 1540. The Morgan fingerprint density at radius 1 is 0.766 bits per heavy atom. The van der Waals surface area contributed by atoms with Gasteiger partial charge in [0.2, 0.25) is 0 Å². The number of amides is 1. The molecule has 0 aliphatic carbocycles. The monoisotopic (exact) mass is 678 g/mol. The molecule has 1 unspecified atom stereocenters. The zero-order valence-electron chi connectivity index (χ0n) is 26.4. The highest BCUT2D eigenvalue weighted by atomic mass is 19.4. The highest BCUT2D eigenvalue weighted by Gasteiger charge is 2.40. The lowest BCUT2D eigenvalue weighted by atomic mass is 9.92. The first-order valence-electron chi connectivity index (χ1n) is 14.4. The van der Waals surface area contributed by atoms with Crippen LogP contribution < -0.4 is 10.1 Å². The molecule has 5 nitrogen and oxygen atoms in total. The molecule has 3 rings (SSSR count). The summed E-state index contributed by atoms with van der Waals surface area (Å²) in [4.78, 5) is 13.1. The Kier molecular flexibility index (Phi) is 10.9. The van der Waals surface area contributed by atoms with Crippen LogP contribution in [-0.4, -0.2) is 35.3 Å². The molecule has 0 aromatic heterocycles. The third kappa shape index (κ3) is 9.11. The van der Waals surface area contributed by atoms with Crippen LogP contribution in [0.1, 0.15) is 80.0 Å². The number of benzene rings is 3. The number of ether oxygens (including phenoxy) is 1. The first kappa shape index (κ1) is 37.5. The van der Waals surface area contributed by atoms with Gasteiger partial charge in [0.15, 0.2) is 0 Å². The molecule has 14 heteroatoms. The van der Waals surface area contributed by atoms with Crippen LogP contribution in [0.3, 0.4) is 0 Å². The molecule has 0 spiro atoms. The van der Waals surface area contributed by atoms with E-state index in [9.17, 15) is 49.4 Å². The number of carbonyl (C=O) groups is 1. The first-order chi connectivity index (χ1) is 21.4. The molecule has 1 amide bonds. The minimum Gasteiger partial charge on any atom is -0.496 e. The van der Waals surface area contributed by atoms with Crippen molar-refractivity contribution in [2.45, 2.75) is 77.2 Å². The number of methoxy groups -OCH3 is 1. The van der Waals surface area contributed by atoms with E-state index in [1.807, 2.05) is 13.8 Å². The zero-order valence-corrected chi connectivity index (χ0v) is 26.4. The quantitative estimate of drug-likeness (QED) is 0.221. The van der Waals surface area contributed by atoms with Crippen molar-refractivity contribution in [3.63, 3.8) is 0 Å². The van der Waals surface area contributed by atoms with Gasteiger partial charge >= 0.3 is 24.6 Å². The molecule has 0 aliphatic rings. The van der Waals surface area contributed by atoms with E-state index >= 15 is 0 Å². The molecule has 0 heterocycles. The number of hydrogen-bond donors (Lipinski definition) is 2. The van der Waals surface area contributed by atoms with Gasteiger partial charge in [-0.3, -0.25) is 4.90 Å². The van der Waals surface area contributed by atoms with Crippen molar-refractivity contribution >= 4 is 6.09 Å². The highest BCUT2D eigenvalue weighted by Crippen LogP contribution is 2.41. The molecule has 0 saturated carbocycles. The molecule has 47 heavy (non-hydrogen) atoms. The topological polar surface area (TPSA) is 61.8 Å². The van der Waals surface area contributed by atoms with Crippen molar-refractivity contribution in [3.8, 4) is 16.9 Å². The summed E-state index contributed by atoms with van der Waals surface area (Å²) in [6, 6.07) is 7.44. The molecule has 0 fully saturated rings. The molecule has 0 saturated heterocycles. The Morgan fingerprint density at radius 3 is 1.77 bits per heavy atom. The van der Waals surface area contributed by atoms with Gasteiger partial charge in [0.05, 0.1) is 29.8 Å². The van der Waals surface area contributed by atoms with Crippen LogP contribution in [0.2, 0.25) is 0 Å². The average molecular weight is 679 g/mol. The molecule has 258 valence electrons. The maximum atomic E-state index is 13.8. The minimum absolute atomic E-state index is 0.0462.